The van der Waals surface area contributed by atoms with E-state index < -0.39 is 9.84 Å². The van der Waals surface area contributed by atoms with Crippen LogP contribution in [-0.4, -0.2) is 37.1 Å². The fourth-order valence-corrected chi connectivity index (χ4v) is 3.65. The van der Waals surface area contributed by atoms with E-state index in [0.717, 1.165) is 5.56 Å². The van der Waals surface area contributed by atoms with Gasteiger partial charge in [0.2, 0.25) is 18.6 Å². The van der Waals surface area contributed by atoms with Gasteiger partial charge in [0.05, 0.1) is 17.1 Å². The summed E-state index contributed by atoms with van der Waals surface area (Å²) >= 11 is 0. The van der Waals surface area contributed by atoms with Crippen molar-refractivity contribution in [3.8, 4) is 23.0 Å². The van der Waals surface area contributed by atoms with Crippen LogP contribution in [0, 0.1) is 0 Å². The number of hydrogen-bond acceptors (Lipinski definition) is 8. The molecule has 0 saturated carbocycles. The van der Waals surface area contributed by atoms with Crippen molar-refractivity contribution in [3.63, 3.8) is 0 Å². The normalized spacial score (nSPS) is 12.7. The van der Waals surface area contributed by atoms with Crippen molar-refractivity contribution >= 4 is 21.8 Å². The number of fused-ring (bicyclic) bond motifs is 1. The van der Waals surface area contributed by atoms with Crippen LogP contribution in [0.15, 0.2) is 51.8 Å². The number of carbonyl (C=O) groups excluding carboxylic acids is 1. The molecule has 0 aliphatic carbocycles. The van der Waals surface area contributed by atoms with E-state index in [1.807, 2.05) is 0 Å². The number of ether oxygens (including phenoxy) is 2. The third-order valence-corrected chi connectivity index (χ3v) is 6.06. The minimum Gasteiger partial charge on any atom is -0.454 e. The summed E-state index contributed by atoms with van der Waals surface area (Å²) in [5, 5.41) is 10.2. The standard InChI is InChI=1S/C19H17N3O6S/c1-2-29(24,25)14-6-4-13(5-7-14)18-21-22-19(28-18)20-17(23)10-12-3-8-15-16(9-12)27-11-26-15/h3-9H,2,10-11H2,1H3,(H,20,22,23). The Balaban J connectivity index is 1.42. The molecule has 29 heavy (non-hydrogen) atoms. The number of carbonyl (C=O) groups is 1. The first kappa shape index (κ1) is 18.9. The lowest BCUT2D eigenvalue weighted by molar-refractivity contribution is -0.115. The molecule has 1 N–H and O–H groups in total. The molecule has 4 rings (SSSR count). The highest BCUT2D eigenvalue weighted by molar-refractivity contribution is 7.91. The van der Waals surface area contributed by atoms with Crippen molar-refractivity contribution < 1.29 is 27.1 Å². The van der Waals surface area contributed by atoms with Crippen LogP contribution >= 0.6 is 0 Å². The molecule has 0 atom stereocenters. The molecule has 2 heterocycles. The second kappa shape index (κ2) is 7.55. The van der Waals surface area contributed by atoms with Gasteiger partial charge in [-0.15, -0.1) is 5.10 Å². The molecular weight excluding hydrogens is 398 g/mol. The van der Waals surface area contributed by atoms with E-state index in [1.165, 1.54) is 12.1 Å². The number of anilines is 1. The number of nitrogens with zero attached hydrogens (tertiary/aromatic N) is 2. The zero-order chi connectivity index (χ0) is 20.4. The lowest BCUT2D eigenvalue weighted by Gasteiger charge is -2.03. The molecular formula is C19H17N3O6S. The number of hydrogen-bond donors (Lipinski definition) is 1. The van der Waals surface area contributed by atoms with Gasteiger partial charge in [0.1, 0.15) is 0 Å². The van der Waals surface area contributed by atoms with Gasteiger partial charge >= 0.3 is 6.01 Å². The Labute approximate surface area is 166 Å². The maximum atomic E-state index is 12.2. The van der Waals surface area contributed by atoms with Gasteiger partial charge in [-0.05, 0) is 42.0 Å². The largest absolute Gasteiger partial charge is 0.454 e. The fourth-order valence-electron chi connectivity index (χ4n) is 2.76. The van der Waals surface area contributed by atoms with Crippen molar-refractivity contribution in [1.29, 1.82) is 0 Å². The highest BCUT2D eigenvalue weighted by Crippen LogP contribution is 2.32. The lowest BCUT2D eigenvalue weighted by Crippen LogP contribution is -2.14. The van der Waals surface area contributed by atoms with Gasteiger partial charge < -0.3 is 13.9 Å². The lowest BCUT2D eigenvalue weighted by atomic mass is 10.1. The zero-order valence-electron chi connectivity index (χ0n) is 15.4. The van der Waals surface area contributed by atoms with Gasteiger partial charge in [0.15, 0.2) is 21.3 Å². The van der Waals surface area contributed by atoms with E-state index in [-0.39, 0.29) is 41.7 Å². The summed E-state index contributed by atoms with van der Waals surface area (Å²) in [7, 11) is -3.28. The van der Waals surface area contributed by atoms with Crippen molar-refractivity contribution in [2.45, 2.75) is 18.2 Å². The third kappa shape index (κ3) is 4.06. The summed E-state index contributed by atoms with van der Waals surface area (Å²) in [6.07, 6.45) is 0.0952. The van der Waals surface area contributed by atoms with Crippen LogP contribution in [0.2, 0.25) is 0 Å². The van der Waals surface area contributed by atoms with Crippen LogP contribution in [0.4, 0.5) is 6.01 Å². The maximum absolute atomic E-state index is 12.2. The van der Waals surface area contributed by atoms with E-state index in [0.29, 0.717) is 17.1 Å². The molecule has 0 fully saturated rings. The molecule has 0 saturated heterocycles. The van der Waals surface area contributed by atoms with Crippen LogP contribution in [-0.2, 0) is 21.1 Å². The van der Waals surface area contributed by atoms with Gasteiger partial charge in [-0.1, -0.05) is 18.1 Å². The van der Waals surface area contributed by atoms with Gasteiger partial charge in [-0.25, -0.2) is 8.42 Å². The second-order valence-electron chi connectivity index (χ2n) is 6.25. The van der Waals surface area contributed by atoms with Gasteiger partial charge in [0.25, 0.3) is 0 Å². The molecule has 0 radical (unpaired) electrons. The second-order valence-corrected chi connectivity index (χ2v) is 8.53. The average molecular weight is 415 g/mol. The quantitative estimate of drug-likeness (QED) is 0.652. The molecule has 150 valence electrons. The molecule has 10 heteroatoms. The third-order valence-electron chi connectivity index (χ3n) is 4.31. The van der Waals surface area contributed by atoms with E-state index in [9.17, 15) is 13.2 Å². The number of aromatic nitrogens is 2. The SMILES string of the molecule is CCS(=O)(=O)c1ccc(-c2nnc(NC(=O)Cc3ccc4c(c3)OCO4)o2)cc1. The average Bonchev–Trinajstić information content (AvgIpc) is 3.37. The van der Waals surface area contributed by atoms with Crippen LogP contribution in [0.5, 0.6) is 11.5 Å². The number of nitrogens with one attached hydrogen (secondary N) is 1. The highest BCUT2D eigenvalue weighted by Gasteiger charge is 2.17. The molecule has 0 bridgehead atoms. The van der Waals surface area contributed by atoms with Crippen LogP contribution in [0.1, 0.15) is 12.5 Å². The Morgan fingerprint density at radius 3 is 2.59 bits per heavy atom. The van der Waals surface area contributed by atoms with E-state index >= 15 is 0 Å². The summed E-state index contributed by atoms with van der Waals surface area (Å²) in [5.41, 5.74) is 1.29. The minimum absolute atomic E-state index is 0.0203. The van der Waals surface area contributed by atoms with Crippen molar-refractivity contribution in [3.05, 3.63) is 48.0 Å². The Morgan fingerprint density at radius 1 is 1.07 bits per heavy atom. The Morgan fingerprint density at radius 2 is 1.83 bits per heavy atom. The topological polar surface area (TPSA) is 121 Å². The first-order valence-electron chi connectivity index (χ1n) is 8.79. The van der Waals surface area contributed by atoms with E-state index in [2.05, 4.69) is 15.5 Å². The summed E-state index contributed by atoms with van der Waals surface area (Å²) in [6, 6.07) is 11.3. The highest BCUT2D eigenvalue weighted by atomic mass is 32.2. The van der Waals surface area contributed by atoms with Crippen molar-refractivity contribution in [2.75, 3.05) is 17.9 Å². The van der Waals surface area contributed by atoms with Crippen molar-refractivity contribution in [1.82, 2.24) is 10.2 Å². The van der Waals surface area contributed by atoms with Gasteiger partial charge in [-0.2, -0.15) is 0 Å². The molecule has 1 aromatic heterocycles. The van der Waals surface area contributed by atoms with Crippen LogP contribution in [0.25, 0.3) is 11.5 Å². The summed E-state index contributed by atoms with van der Waals surface area (Å²) in [4.78, 5) is 12.5. The number of benzene rings is 2. The van der Waals surface area contributed by atoms with Crippen LogP contribution < -0.4 is 14.8 Å². The zero-order valence-corrected chi connectivity index (χ0v) is 16.2. The molecule has 3 aromatic rings. The summed E-state index contributed by atoms with van der Waals surface area (Å²) < 4.78 is 39.7. The van der Waals surface area contributed by atoms with Gasteiger partial charge in [0, 0.05) is 5.56 Å². The van der Waals surface area contributed by atoms with Crippen LogP contribution in [0.3, 0.4) is 0 Å². The first-order chi connectivity index (χ1) is 13.9. The molecule has 0 spiro atoms. The fraction of sp³-hybridized carbons (Fsp3) is 0.211. The monoisotopic (exact) mass is 415 g/mol. The van der Waals surface area contributed by atoms with E-state index in [4.69, 9.17) is 13.9 Å². The molecule has 1 amide bonds. The Kier molecular flexibility index (Phi) is 4.93. The molecule has 1 aliphatic rings. The molecule has 1 aliphatic heterocycles. The molecule has 0 unspecified atom stereocenters. The minimum atomic E-state index is -3.28. The van der Waals surface area contributed by atoms with E-state index in [1.54, 1.807) is 37.3 Å². The Hall–Kier alpha value is -3.40. The summed E-state index contributed by atoms with van der Waals surface area (Å²) in [5.74, 6) is 1.11. The molecule has 9 nitrogen and oxygen atoms in total. The Bertz CT molecular complexity index is 1150. The maximum Gasteiger partial charge on any atom is 0.322 e. The predicted octanol–water partition coefficient (Wildman–Crippen LogP) is 2.44. The van der Waals surface area contributed by atoms with Gasteiger partial charge in [-0.3, -0.25) is 10.1 Å². The predicted molar refractivity (Wildman–Crippen MR) is 102 cm³/mol. The smallest absolute Gasteiger partial charge is 0.322 e. The van der Waals surface area contributed by atoms with Crippen molar-refractivity contribution in [2.24, 2.45) is 0 Å². The number of sulfone groups is 1. The first-order valence-corrected chi connectivity index (χ1v) is 10.4. The number of rotatable bonds is 6. The number of amides is 1. The molecule has 2 aromatic carbocycles. The summed E-state index contributed by atoms with van der Waals surface area (Å²) in [6.45, 7) is 1.75.